The number of nitrogens with zero attached hydrogens (tertiary/aromatic N) is 3. The van der Waals surface area contributed by atoms with Crippen LogP contribution >= 0.6 is 22.9 Å². The van der Waals surface area contributed by atoms with Gasteiger partial charge in [0.1, 0.15) is 11.6 Å². The van der Waals surface area contributed by atoms with Crippen LogP contribution in [-0.2, 0) is 4.79 Å². The van der Waals surface area contributed by atoms with Gasteiger partial charge < -0.3 is 4.57 Å². The van der Waals surface area contributed by atoms with Crippen molar-refractivity contribution in [3.05, 3.63) is 69.0 Å². The summed E-state index contributed by atoms with van der Waals surface area (Å²) < 4.78 is 2.05. The van der Waals surface area contributed by atoms with E-state index >= 15 is 0 Å². The first-order chi connectivity index (χ1) is 12.9. The molecule has 0 fully saturated rings. The average molecular weight is 397 g/mol. The van der Waals surface area contributed by atoms with Gasteiger partial charge in [-0.25, -0.2) is 4.98 Å². The number of nitrogens with one attached hydrogen (secondary N) is 1. The molecule has 1 amide bonds. The lowest BCUT2D eigenvalue weighted by molar-refractivity contribution is -0.112. The molecule has 0 aliphatic carbocycles. The van der Waals surface area contributed by atoms with Crippen molar-refractivity contribution in [1.82, 2.24) is 9.55 Å². The smallest absolute Gasteiger partial charge is 0.268 e. The Bertz CT molecular complexity index is 1070. The molecule has 0 radical (unpaired) electrons. The van der Waals surface area contributed by atoms with Gasteiger partial charge >= 0.3 is 0 Å². The Labute approximate surface area is 166 Å². The highest BCUT2D eigenvalue weighted by Gasteiger charge is 2.15. The molecule has 3 rings (SSSR count). The molecule has 1 aromatic carbocycles. The molecule has 0 atom stereocenters. The number of carbonyl (C=O) groups is 1. The summed E-state index contributed by atoms with van der Waals surface area (Å²) in [5.74, 6) is -0.469. The van der Waals surface area contributed by atoms with Crippen LogP contribution in [0, 0.1) is 32.1 Å². The molecule has 2 heterocycles. The van der Waals surface area contributed by atoms with Gasteiger partial charge in [0.2, 0.25) is 0 Å². The highest BCUT2D eigenvalue weighted by Crippen LogP contribution is 2.24. The number of benzene rings is 1. The summed E-state index contributed by atoms with van der Waals surface area (Å²) >= 11 is 7.33. The minimum absolute atomic E-state index is 0.0270. The van der Waals surface area contributed by atoms with E-state index in [1.807, 2.05) is 57.2 Å². The molecule has 0 unspecified atom stereocenters. The normalized spacial score (nSPS) is 11.3. The third kappa shape index (κ3) is 4.11. The first kappa shape index (κ1) is 18.9. The minimum Gasteiger partial charge on any atom is -0.318 e. The maximum Gasteiger partial charge on any atom is 0.268 e. The van der Waals surface area contributed by atoms with E-state index in [-0.39, 0.29) is 5.57 Å². The van der Waals surface area contributed by atoms with Gasteiger partial charge in [-0.2, -0.15) is 5.26 Å². The summed E-state index contributed by atoms with van der Waals surface area (Å²) in [5, 5.41) is 13.3. The van der Waals surface area contributed by atoms with Crippen molar-refractivity contribution < 1.29 is 4.79 Å². The van der Waals surface area contributed by atoms with Gasteiger partial charge in [-0.1, -0.05) is 11.6 Å². The van der Waals surface area contributed by atoms with Crippen molar-refractivity contribution in [2.45, 2.75) is 20.8 Å². The zero-order valence-electron chi connectivity index (χ0n) is 15.1. The Morgan fingerprint density at radius 3 is 2.59 bits per heavy atom. The average Bonchev–Trinajstić information content (AvgIpc) is 3.16. The van der Waals surface area contributed by atoms with Crippen molar-refractivity contribution in [2.75, 3.05) is 5.32 Å². The Balaban J connectivity index is 1.93. The van der Waals surface area contributed by atoms with Gasteiger partial charge in [0, 0.05) is 33.2 Å². The molecule has 0 aliphatic rings. The highest BCUT2D eigenvalue weighted by atomic mass is 35.5. The van der Waals surface area contributed by atoms with Crippen molar-refractivity contribution in [3.8, 4) is 11.8 Å². The molecule has 3 aromatic rings. The lowest BCUT2D eigenvalue weighted by Gasteiger charge is -2.09. The maximum atomic E-state index is 12.4. The largest absolute Gasteiger partial charge is 0.318 e. The number of thiazole rings is 1. The zero-order chi connectivity index (χ0) is 19.6. The van der Waals surface area contributed by atoms with Gasteiger partial charge in [-0.3, -0.25) is 10.1 Å². The molecule has 2 aromatic heterocycles. The van der Waals surface area contributed by atoms with Crippen LogP contribution in [0.25, 0.3) is 11.8 Å². The van der Waals surface area contributed by atoms with E-state index in [4.69, 9.17) is 11.6 Å². The molecule has 27 heavy (non-hydrogen) atoms. The summed E-state index contributed by atoms with van der Waals surface area (Å²) in [7, 11) is 0. The Kier molecular flexibility index (Phi) is 5.45. The summed E-state index contributed by atoms with van der Waals surface area (Å²) in [6.07, 6.45) is 3.28. The quantitative estimate of drug-likeness (QED) is 0.495. The van der Waals surface area contributed by atoms with Gasteiger partial charge in [0.15, 0.2) is 5.13 Å². The predicted molar refractivity (Wildman–Crippen MR) is 109 cm³/mol. The number of aryl methyl sites for hydroxylation is 2. The van der Waals surface area contributed by atoms with Crippen LogP contribution in [0.4, 0.5) is 5.13 Å². The van der Waals surface area contributed by atoms with Crippen LogP contribution in [0.15, 0.2) is 42.1 Å². The monoisotopic (exact) mass is 396 g/mol. The summed E-state index contributed by atoms with van der Waals surface area (Å²) in [6, 6.07) is 11.4. The fourth-order valence-electron chi connectivity index (χ4n) is 2.80. The number of rotatable bonds is 4. The third-order valence-corrected chi connectivity index (χ3v) is 5.14. The molecule has 0 saturated heterocycles. The molecule has 0 bridgehead atoms. The maximum absolute atomic E-state index is 12.4. The second-order valence-electron chi connectivity index (χ2n) is 6.04. The molecule has 136 valence electrons. The third-order valence-electron chi connectivity index (χ3n) is 4.06. The van der Waals surface area contributed by atoms with Crippen LogP contribution in [0.5, 0.6) is 0 Å². The standard InChI is InChI=1S/C20H17ClN4OS/c1-12-8-15(14(3)25(12)18-6-4-17(21)5-7-18)9-16(10-22)19(26)24-20-23-11-13(2)27-20/h4-9,11H,1-3H3,(H,23,24,26). The number of nitriles is 1. The van der Waals surface area contributed by atoms with Crippen LogP contribution in [0.2, 0.25) is 5.02 Å². The number of halogens is 1. The minimum atomic E-state index is -0.469. The number of amides is 1. The predicted octanol–water partition coefficient (Wildman–Crippen LogP) is 5.06. The topological polar surface area (TPSA) is 70.7 Å². The second-order valence-corrected chi connectivity index (χ2v) is 7.71. The lowest BCUT2D eigenvalue weighted by Crippen LogP contribution is -2.13. The van der Waals surface area contributed by atoms with E-state index in [0.29, 0.717) is 10.2 Å². The van der Waals surface area contributed by atoms with Crippen LogP contribution in [0.3, 0.4) is 0 Å². The number of anilines is 1. The second kappa shape index (κ2) is 7.78. The van der Waals surface area contributed by atoms with E-state index in [1.165, 1.54) is 11.3 Å². The number of aromatic nitrogens is 2. The number of carbonyl (C=O) groups excluding carboxylic acids is 1. The number of hydrogen-bond donors (Lipinski definition) is 1. The Morgan fingerprint density at radius 2 is 2.00 bits per heavy atom. The molecule has 0 aliphatic heterocycles. The molecular weight excluding hydrogens is 380 g/mol. The summed E-state index contributed by atoms with van der Waals surface area (Å²) in [5.41, 5.74) is 3.73. The van der Waals surface area contributed by atoms with E-state index in [1.54, 1.807) is 12.3 Å². The first-order valence-electron chi connectivity index (χ1n) is 8.19. The molecule has 0 spiro atoms. The van der Waals surface area contributed by atoms with Gasteiger partial charge in [0.05, 0.1) is 0 Å². The van der Waals surface area contributed by atoms with E-state index < -0.39 is 5.91 Å². The van der Waals surface area contributed by atoms with E-state index in [2.05, 4.69) is 14.9 Å². The first-order valence-corrected chi connectivity index (χ1v) is 9.39. The Hall–Kier alpha value is -2.88. The van der Waals surface area contributed by atoms with Crippen LogP contribution in [-0.4, -0.2) is 15.5 Å². The van der Waals surface area contributed by atoms with Gasteiger partial charge in [-0.05, 0) is 62.7 Å². The van der Waals surface area contributed by atoms with Crippen LogP contribution < -0.4 is 5.32 Å². The van der Waals surface area contributed by atoms with E-state index in [0.717, 1.165) is 27.5 Å². The van der Waals surface area contributed by atoms with E-state index in [9.17, 15) is 10.1 Å². The summed E-state index contributed by atoms with van der Waals surface area (Å²) in [4.78, 5) is 17.5. The van der Waals surface area contributed by atoms with Crippen molar-refractivity contribution in [2.24, 2.45) is 0 Å². The van der Waals surface area contributed by atoms with Gasteiger partial charge in [0.25, 0.3) is 5.91 Å². The van der Waals surface area contributed by atoms with Crippen molar-refractivity contribution >= 4 is 40.1 Å². The SMILES string of the molecule is Cc1cnc(NC(=O)C(C#N)=Cc2cc(C)n(-c3ccc(Cl)cc3)c2C)s1. The Morgan fingerprint density at radius 1 is 1.30 bits per heavy atom. The van der Waals surface area contributed by atoms with Crippen molar-refractivity contribution in [1.29, 1.82) is 5.26 Å². The fourth-order valence-corrected chi connectivity index (χ4v) is 3.59. The molecular formula is C20H17ClN4OS. The molecule has 1 N–H and O–H groups in total. The van der Waals surface area contributed by atoms with Crippen molar-refractivity contribution in [3.63, 3.8) is 0 Å². The van der Waals surface area contributed by atoms with Gasteiger partial charge in [-0.15, -0.1) is 11.3 Å². The molecule has 0 saturated carbocycles. The fraction of sp³-hybridized carbons (Fsp3) is 0.150. The van der Waals surface area contributed by atoms with Crippen LogP contribution in [0.1, 0.15) is 21.8 Å². The lowest BCUT2D eigenvalue weighted by atomic mass is 10.1. The number of hydrogen-bond acceptors (Lipinski definition) is 4. The molecule has 7 heteroatoms. The summed E-state index contributed by atoms with van der Waals surface area (Å²) in [6.45, 7) is 5.83. The zero-order valence-corrected chi connectivity index (χ0v) is 16.6. The highest BCUT2D eigenvalue weighted by molar-refractivity contribution is 7.15. The molecule has 5 nitrogen and oxygen atoms in total.